The summed E-state index contributed by atoms with van der Waals surface area (Å²) in [6, 6.07) is 5.46. The van der Waals surface area contributed by atoms with Crippen LogP contribution < -0.4 is 15.8 Å². The summed E-state index contributed by atoms with van der Waals surface area (Å²) in [5, 5.41) is 7.40. The lowest BCUT2D eigenvalue weighted by molar-refractivity contribution is 0.637. The monoisotopic (exact) mass is 287 g/mol. The molecule has 0 bridgehead atoms. The molecule has 2 heterocycles. The van der Waals surface area contributed by atoms with Gasteiger partial charge >= 0.3 is 0 Å². The van der Waals surface area contributed by atoms with Gasteiger partial charge in [-0.25, -0.2) is 9.67 Å². The second-order valence-electron chi connectivity index (χ2n) is 5.08. The number of aromatic nitrogens is 3. The smallest absolute Gasteiger partial charge is 0.269 e. The molecule has 0 amide bonds. The molecule has 6 nitrogen and oxygen atoms in total. The fraction of sp³-hybridized carbons (Fsp3) is 0.400. The molecule has 112 valence electrons. The number of nitrogens with zero attached hydrogens (tertiary/aromatic N) is 4. The Kier molecular flexibility index (Phi) is 4.92. The SMILES string of the molecule is CCCNc1ccc(Cn2ncc(N(C)C)cc2=O)cn1. The van der Waals surface area contributed by atoms with E-state index >= 15 is 0 Å². The predicted molar refractivity (Wildman–Crippen MR) is 84.9 cm³/mol. The lowest BCUT2D eigenvalue weighted by Gasteiger charge is -2.12. The fourth-order valence-corrected chi connectivity index (χ4v) is 1.84. The Morgan fingerprint density at radius 1 is 1.29 bits per heavy atom. The molecule has 6 heteroatoms. The minimum Gasteiger partial charge on any atom is -0.376 e. The first-order valence-corrected chi connectivity index (χ1v) is 7.03. The van der Waals surface area contributed by atoms with Crippen LogP contribution in [-0.2, 0) is 6.54 Å². The molecule has 21 heavy (non-hydrogen) atoms. The molecule has 0 spiro atoms. The number of anilines is 2. The largest absolute Gasteiger partial charge is 0.376 e. The standard InChI is InChI=1S/C15H21N5O/c1-4-7-16-14-6-5-12(9-17-14)11-20-15(21)8-13(10-18-20)19(2)3/h5-6,8-10H,4,7,11H2,1-3H3,(H,16,17). The second kappa shape index (κ2) is 6.88. The van der Waals surface area contributed by atoms with Crippen LogP contribution in [0.5, 0.6) is 0 Å². The van der Waals surface area contributed by atoms with Gasteiger partial charge in [-0.1, -0.05) is 13.0 Å². The summed E-state index contributed by atoms with van der Waals surface area (Å²) in [6.07, 6.45) is 4.51. The maximum absolute atomic E-state index is 12.0. The molecule has 0 unspecified atom stereocenters. The Hall–Kier alpha value is -2.37. The summed E-state index contributed by atoms with van der Waals surface area (Å²) in [7, 11) is 3.76. The van der Waals surface area contributed by atoms with Crippen LogP contribution in [-0.4, -0.2) is 35.4 Å². The summed E-state index contributed by atoms with van der Waals surface area (Å²) in [6.45, 7) is 3.43. The van der Waals surface area contributed by atoms with E-state index in [4.69, 9.17) is 0 Å². The normalized spacial score (nSPS) is 10.4. The minimum absolute atomic E-state index is 0.116. The highest BCUT2D eigenvalue weighted by Gasteiger charge is 2.03. The lowest BCUT2D eigenvalue weighted by atomic mass is 10.3. The first kappa shape index (κ1) is 15.0. The van der Waals surface area contributed by atoms with Crippen molar-refractivity contribution in [2.75, 3.05) is 30.9 Å². The fourth-order valence-electron chi connectivity index (χ4n) is 1.84. The van der Waals surface area contributed by atoms with E-state index in [1.54, 1.807) is 18.5 Å². The number of nitrogens with one attached hydrogen (secondary N) is 1. The van der Waals surface area contributed by atoms with Crippen molar-refractivity contribution in [3.05, 3.63) is 46.5 Å². The number of hydrogen-bond acceptors (Lipinski definition) is 5. The Bertz CT molecular complexity index is 633. The van der Waals surface area contributed by atoms with Crippen molar-refractivity contribution in [2.24, 2.45) is 0 Å². The average molecular weight is 287 g/mol. The van der Waals surface area contributed by atoms with Gasteiger partial charge in [0.1, 0.15) is 5.82 Å². The van der Waals surface area contributed by atoms with Gasteiger partial charge in [-0.2, -0.15) is 5.10 Å². The average Bonchev–Trinajstić information content (AvgIpc) is 2.48. The molecule has 0 saturated carbocycles. The molecule has 2 aromatic rings. The first-order chi connectivity index (χ1) is 10.1. The zero-order valence-corrected chi connectivity index (χ0v) is 12.7. The molecule has 0 aliphatic heterocycles. The lowest BCUT2D eigenvalue weighted by Crippen LogP contribution is -2.24. The van der Waals surface area contributed by atoms with Crippen molar-refractivity contribution in [2.45, 2.75) is 19.9 Å². The van der Waals surface area contributed by atoms with Gasteiger partial charge < -0.3 is 10.2 Å². The molecule has 0 aliphatic carbocycles. The molecule has 0 atom stereocenters. The molecule has 0 radical (unpaired) electrons. The van der Waals surface area contributed by atoms with Gasteiger partial charge in [-0.3, -0.25) is 4.79 Å². The molecule has 0 aromatic carbocycles. The zero-order chi connectivity index (χ0) is 15.2. The third kappa shape index (κ3) is 4.05. The zero-order valence-electron chi connectivity index (χ0n) is 12.7. The third-order valence-electron chi connectivity index (χ3n) is 3.08. The van der Waals surface area contributed by atoms with Crippen LogP contribution in [0.25, 0.3) is 0 Å². The second-order valence-corrected chi connectivity index (χ2v) is 5.08. The molecule has 0 aliphatic rings. The molecule has 2 rings (SSSR count). The van der Waals surface area contributed by atoms with Gasteiger partial charge in [0, 0.05) is 32.9 Å². The topological polar surface area (TPSA) is 63.1 Å². The van der Waals surface area contributed by atoms with Crippen LogP contribution in [0, 0.1) is 0 Å². The molecule has 1 N–H and O–H groups in total. The molecule has 2 aromatic heterocycles. The quantitative estimate of drug-likeness (QED) is 0.874. The number of hydrogen-bond donors (Lipinski definition) is 1. The van der Waals surface area contributed by atoms with Gasteiger partial charge in [0.25, 0.3) is 5.56 Å². The maximum atomic E-state index is 12.0. The summed E-state index contributed by atoms with van der Waals surface area (Å²) >= 11 is 0. The van der Waals surface area contributed by atoms with Crippen molar-refractivity contribution in [3.63, 3.8) is 0 Å². The van der Waals surface area contributed by atoms with E-state index in [0.29, 0.717) is 6.54 Å². The predicted octanol–water partition coefficient (Wildman–Crippen LogP) is 1.57. The number of rotatable bonds is 6. The van der Waals surface area contributed by atoms with E-state index in [1.807, 2.05) is 31.1 Å². The van der Waals surface area contributed by atoms with E-state index in [2.05, 4.69) is 22.3 Å². The highest BCUT2D eigenvalue weighted by Crippen LogP contribution is 2.07. The Morgan fingerprint density at radius 2 is 2.10 bits per heavy atom. The van der Waals surface area contributed by atoms with E-state index < -0.39 is 0 Å². The van der Waals surface area contributed by atoms with Gasteiger partial charge in [0.05, 0.1) is 18.4 Å². The van der Waals surface area contributed by atoms with Crippen molar-refractivity contribution in [3.8, 4) is 0 Å². The highest BCUT2D eigenvalue weighted by molar-refractivity contribution is 5.40. The van der Waals surface area contributed by atoms with Gasteiger partial charge in [0.2, 0.25) is 0 Å². The van der Waals surface area contributed by atoms with Crippen LogP contribution in [0.1, 0.15) is 18.9 Å². The summed E-state index contributed by atoms with van der Waals surface area (Å²) < 4.78 is 1.43. The maximum Gasteiger partial charge on any atom is 0.269 e. The van der Waals surface area contributed by atoms with Gasteiger partial charge in [-0.05, 0) is 18.1 Å². The first-order valence-electron chi connectivity index (χ1n) is 7.03. The van der Waals surface area contributed by atoms with Crippen LogP contribution in [0.2, 0.25) is 0 Å². The molecule has 0 saturated heterocycles. The van der Waals surface area contributed by atoms with Crippen molar-refractivity contribution >= 4 is 11.5 Å². The highest BCUT2D eigenvalue weighted by atomic mass is 16.1. The Morgan fingerprint density at radius 3 is 2.67 bits per heavy atom. The minimum atomic E-state index is -0.116. The van der Waals surface area contributed by atoms with Crippen molar-refractivity contribution in [1.82, 2.24) is 14.8 Å². The summed E-state index contributed by atoms with van der Waals surface area (Å²) in [5.41, 5.74) is 1.63. The van der Waals surface area contributed by atoms with Gasteiger partial charge in [0.15, 0.2) is 0 Å². The van der Waals surface area contributed by atoms with Crippen molar-refractivity contribution in [1.29, 1.82) is 0 Å². The van der Waals surface area contributed by atoms with Crippen LogP contribution in [0.3, 0.4) is 0 Å². The van der Waals surface area contributed by atoms with E-state index in [9.17, 15) is 4.79 Å². The third-order valence-corrected chi connectivity index (χ3v) is 3.08. The van der Waals surface area contributed by atoms with Crippen LogP contribution >= 0.6 is 0 Å². The molecular weight excluding hydrogens is 266 g/mol. The van der Waals surface area contributed by atoms with Crippen molar-refractivity contribution < 1.29 is 0 Å². The summed E-state index contributed by atoms with van der Waals surface area (Å²) in [4.78, 5) is 18.2. The van der Waals surface area contributed by atoms with E-state index in [-0.39, 0.29) is 5.56 Å². The van der Waals surface area contributed by atoms with Gasteiger partial charge in [-0.15, -0.1) is 0 Å². The number of pyridine rings is 1. The summed E-state index contributed by atoms with van der Waals surface area (Å²) in [5.74, 6) is 0.851. The Labute approximate surface area is 124 Å². The van der Waals surface area contributed by atoms with E-state index in [0.717, 1.165) is 30.0 Å². The molecular formula is C15H21N5O. The van der Waals surface area contributed by atoms with E-state index in [1.165, 1.54) is 4.68 Å². The Balaban J connectivity index is 2.09. The van der Waals surface area contributed by atoms with Crippen LogP contribution in [0.15, 0.2) is 35.4 Å². The van der Waals surface area contributed by atoms with Crippen LogP contribution in [0.4, 0.5) is 11.5 Å². The molecule has 0 fully saturated rings.